The number of esters is 1. The number of ether oxygens (including phenoxy) is 1. The topological polar surface area (TPSA) is 64.7 Å². The molecule has 1 heterocycles. The van der Waals surface area contributed by atoms with Crippen LogP contribution >= 0.6 is 23.4 Å². The van der Waals surface area contributed by atoms with E-state index in [0.29, 0.717) is 28.1 Å². The predicted octanol–water partition coefficient (Wildman–Crippen LogP) is 3.28. The number of aliphatic imine (C=N–C) groups is 1. The highest BCUT2D eigenvalue weighted by atomic mass is 35.5. The van der Waals surface area contributed by atoms with Crippen molar-refractivity contribution in [2.45, 2.75) is 19.1 Å². The summed E-state index contributed by atoms with van der Waals surface area (Å²) in [4.78, 5) is 16.3. The predicted molar refractivity (Wildman–Crippen MR) is 82.7 cm³/mol. The molecule has 0 radical (unpaired) electrons. The number of benzene rings is 1. The van der Waals surface area contributed by atoms with Crippen molar-refractivity contribution in [2.24, 2.45) is 10.7 Å². The van der Waals surface area contributed by atoms with E-state index in [4.69, 9.17) is 22.1 Å². The van der Waals surface area contributed by atoms with Crippen LogP contribution < -0.4 is 5.73 Å². The van der Waals surface area contributed by atoms with Gasteiger partial charge < -0.3 is 10.5 Å². The molecule has 0 saturated heterocycles. The average molecular weight is 311 g/mol. The van der Waals surface area contributed by atoms with Crippen LogP contribution in [0.2, 0.25) is 5.02 Å². The highest BCUT2D eigenvalue weighted by molar-refractivity contribution is 8.14. The van der Waals surface area contributed by atoms with Crippen molar-refractivity contribution in [2.75, 3.05) is 6.61 Å². The van der Waals surface area contributed by atoms with Crippen LogP contribution in [-0.2, 0) is 9.53 Å². The van der Waals surface area contributed by atoms with Crippen LogP contribution in [0.25, 0.3) is 0 Å². The number of rotatable bonds is 3. The lowest BCUT2D eigenvalue weighted by Gasteiger charge is -2.24. The van der Waals surface area contributed by atoms with Crippen molar-refractivity contribution in [3.8, 4) is 0 Å². The molecule has 0 aromatic heterocycles. The van der Waals surface area contributed by atoms with E-state index in [-0.39, 0.29) is 11.2 Å². The fourth-order valence-corrected chi connectivity index (χ4v) is 3.45. The Morgan fingerprint density at radius 3 is 2.85 bits per heavy atom. The first-order valence-corrected chi connectivity index (χ1v) is 7.43. The number of allylic oxidation sites excluding steroid dienone is 1. The van der Waals surface area contributed by atoms with Gasteiger partial charge in [0.15, 0.2) is 5.17 Å². The largest absolute Gasteiger partial charge is 0.463 e. The van der Waals surface area contributed by atoms with Crippen LogP contribution in [0, 0.1) is 0 Å². The molecule has 4 nitrogen and oxygen atoms in total. The summed E-state index contributed by atoms with van der Waals surface area (Å²) in [7, 11) is 0. The lowest BCUT2D eigenvalue weighted by Crippen LogP contribution is -2.22. The van der Waals surface area contributed by atoms with E-state index in [1.807, 2.05) is 18.2 Å². The summed E-state index contributed by atoms with van der Waals surface area (Å²) in [6.07, 6.45) is 0. The molecule has 1 aromatic rings. The number of hydrogen-bond acceptors (Lipinski definition) is 5. The smallest absolute Gasteiger partial charge is 0.337 e. The fourth-order valence-electron chi connectivity index (χ4n) is 1.99. The van der Waals surface area contributed by atoms with Crippen LogP contribution in [0.3, 0.4) is 0 Å². The van der Waals surface area contributed by atoms with Gasteiger partial charge in [0.2, 0.25) is 0 Å². The lowest BCUT2D eigenvalue weighted by molar-refractivity contribution is -0.138. The maximum absolute atomic E-state index is 12.2. The SMILES string of the molecule is CCOC(=O)C1=C(C)N=C(N)SC1c1ccccc1Cl. The zero-order valence-corrected chi connectivity index (χ0v) is 12.8. The molecule has 2 N–H and O–H groups in total. The van der Waals surface area contributed by atoms with Crippen molar-refractivity contribution in [1.29, 1.82) is 0 Å². The number of nitrogens with two attached hydrogens (primary N) is 1. The van der Waals surface area contributed by atoms with Crippen molar-refractivity contribution in [3.63, 3.8) is 0 Å². The van der Waals surface area contributed by atoms with Crippen molar-refractivity contribution in [3.05, 3.63) is 46.1 Å². The molecule has 1 aromatic carbocycles. The van der Waals surface area contributed by atoms with Gasteiger partial charge in [0, 0.05) is 5.02 Å². The van der Waals surface area contributed by atoms with E-state index in [1.54, 1.807) is 19.9 Å². The number of amidine groups is 1. The molecule has 0 aliphatic carbocycles. The zero-order chi connectivity index (χ0) is 14.7. The van der Waals surface area contributed by atoms with E-state index in [0.717, 1.165) is 5.56 Å². The maximum atomic E-state index is 12.2. The summed E-state index contributed by atoms with van der Waals surface area (Å²) in [5.41, 5.74) is 7.73. The first-order valence-electron chi connectivity index (χ1n) is 6.17. The second-order valence-electron chi connectivity index (χ2n) is 4.19. The maximum Gasteiger partial charge on any atom is 0.337 e. The highest BCUT2D eigenvalue weighted by Crippen LogP contribution is 2.43. The molecule has 1 aliphatic rings. The molecule has 0 fully saturated rings. The van der Waals surface area contributed by atoms with Crippen molar-refractivity contribution >= 4 is 34.5 Å². The van der Waals surface area contributed by atoms with E-state index in [1.165, 1.54) is 11.8 Å². The number of thioether (sulfide) groups is 1. The first-order chi connectivity index (χ1) is 9.54. The Kier molecular flexibility index (Phi) is 4.73. The standard InChI is InChI=1S/C14H15ClN2O2S/c1-3-19-13(18)11-8(2)17-14(16)20-12(11)9-6-4-5-7-10(9)15/h4-7,12H,3H2,1-2H3,(H2,16,17). The summed E-state index contributed by atoms with van der Waals surface area (Å²) in [5, 5.41) is 0.718. The zero-order valence-electron chi connectivity index (χ0n) is 11.2. The Hall–Kier alpha value is -1.46. The molecule has 0 amide bonds. The van der Waals surface area contributed by atoms with Crippen LogP contribution in [0.4, 0.5) is 0 Å². The summed E-state index contributed by atoms with van der Waals surface area (Å²) >= 11 is 7.54. The third-order valence-corrected chi connectivity index (χ3v) is 4.25. The van der Waals surface area contributed by atoms with Gasteiger partial charge in [-0.05, 0) is 25.5 Å². The Balaban J connectivity index is 2.49. The van der Waals surface area contributed by atoms with Gasteiger partial charge in [-0.1, -0.05) is 41.6 Å². The van der Waals surface area contributed by atoms with E-state index >= 15 is 0 Å². The van der Waals surface area contributed by atoms with Gasteiger partial charge in [0.05, 0.1) is 23.1 Å². The second kappa shape index (κ2) is 6.33. The van der Waals surface area contributed by atoms with Gasteiger partial charge in [0.25, 0.3) is 0 Å². The quantitative estimate of drug-likeness (QED) is 0.870. The van der Waals surface area contributed by atoms with Gasteiger partial charge in [-0.2, -0.15) is 0 Å². The summed E-state index contributed by atoms with van der Waals surface area (Å²) in [6.45, 7) is 3.84. The third kappa shape index (κ3) is 2.99. The van der Waals surface area contributed by atoms with Gasteiger partial charge in [0.1, 0.15) is 0 Å². The fraction of sp³-hybridized carbons (Fsp3) is 0.286. The van der Waals surface area contributed by atoms with Gasteiger partial charge in [-0.3, -0.25) is 0 Å². The van der Waals surface area contributed by atoms with E-state index < -0.39 is 0 Å². The van der Waals surface area contributed by atoms with Gasteiger partial charge in [-0.15, -0.1) is 0 Å². The highest BCUT2D eigenvalue weighted by Gasteiger charge is 2.32. The molecule has 1 unspecified atom stereocenters. The molecule has 6 heteroatoms. The Morgan fingerprint density at radius 1 is 1.50 bits per heavy atom. The van der Waals surface area contributed by atoms with E-state index in [2.05, 4.69) is 4.99 Å². The number of carbonyl (C=O) groups is 1. The van der Waals surface area contributed by atoms with Crippen molar-refractivity contribution < 1.29 is 9.53 Å². The summed E-state index contributed by atoms with van der Waals surface area (Å²) in [6, 6.07) is 7.39. The molecular formula is C14H15ClN2O2S. The second-order valence-corrected chi connectivity index (χ2v) is 5.72. The number of halogens is 1. The minimum Gasteiger partial charge on any atom is -0.463 e. The lowest BCUT2D eigenvalue weighted by atomic mass is 10.0. The number of carbonyl (C=O) groups excluding carboxylic acids is 1. The Bertz CT molecular complexity index is 599. The van der Waals surface area contributed by atoms with Crippen molar-refractivity contribution in [1.82, 2.24) is 0 Å². The van der Waals surface area contributed by atoms with Crippen LogP contribution in [0.15, 0.2) is 40.5 Å². The van der Waals surface area contributed by atoms with Crippen LogP contribution in [0.1, 0.15) is 24.7 Å². The minimum atomic E-state index is -0.376. The molecule has 0 spiro atoms. The summed E-state index contributed by atoms with van der Waals surface area (Å²) < 4.78 is 5.12. The van der Waals surface area contributed by atoms with Gasteiger partial charge in [-0.25, -0.2) is 9.79 Å². The molecule has 106 valence electrons. The molecule has 0 bridgehead atoms. The molecule has 0 saturated carbocycles. The Labute approximate surface area is 127 Å². The Morgan fingerprint density at radius 2 is 2.20 bits per heavy atom. The number of nitrogens with zero attached hydrogens (tertiary/aromatic N) is 1. The van der Waals surface area contributed by atoms with E-state index in [9.17, 15) is 4.79 Å². The average Bonchev–Trinajstić information content (AvgIpc) is 2.38. The molecule has 20 heavy (non-hydrogen) atoms. The van der Waals surface area contributed by atoms with Crippen LogP contribution in [0.5, 0.6) is 0 Å². The monoisotopic (exact) mass is 310 g/mol. The molecule has 1 atom stereocenters. The molecular weight excluding hydrogens is 296 g/mol. The van der Waals surface area contributed by atoms with Gasteiger partial charge >= 0.3 is 5.97 Å². The third-order valence-electron chi connectivity index (χ3n) is 2.85. The van der Waals surface area contributed by atoms with Crippen LogP contribution in [-0.4, -0.2) is 17.7 Å². The first kappa shape index (κ1) is 14.9. The molecule has 2 rings (SSSR count). The molecule has 1 aliphatic heterocycles. The number of hydrogen-bond donors (Lipinski definition) is 1. The normalized spacial score (nSPS) is 18.8. The minimum absolute atomic E-state index is 0.291. The summed E-state index contributed by atoms with van der Waals surface area (Å²) in [5.74, 6) is -0.376.